The predicted molar refractivity (Wildman–Crippen MR) is 62.0 cm³/mol. The summed E-state index contributed by atoms with van der Waals surface area (Å²) in [7, 11) is 0. The van der Waals surface area contributed by atoms with Gasteiger partial charge in [0.1, 0.15) is 0 Å². The maximum Gasteiger partial charge on any atom is 0.0702 e. The molecule has 0 amide bonds. The van der Waals surface area contributed by atoms with Gasteiger partial charge in [-0.3, -0.25) is 4.98 Å². The Kier molecular flexibility index (Phi) is 2.14. The molecule has 15 heavy (non-hydrogen) atoms. The van der Waals surface area contributed by atoms with Gasteiger partial charge in [-0.2, -0.15) is 0 Å². The van der Waals surface area contributed by atoms with Crippen LogP contribution >= 0.6 is 0 Å². The van der Waals surface area contributed by atoms with Gasteiger partial charge in [-0.05, 0) is 42.6 Å². The lowest BCUT2D eigenvalue weighted by atomic mass is 9.97. The Morgan fingerprint density at radius 3 is 3.13 bits per heavy atom. The number of fused-ring (bicyclic) bond motifs is 1. The van der Waals surface area contributed by atoms with Gasteiger partial charge in [0.2, 0.25) is 0 Å². The molecule has 76 valence electrons. The van der Waals surface area contributed by atoms with E-state index < -0.39 is 0 Å². The summed E-state index contributed by atoms with van der Waals surface area (Å²) in [4.78, 5) is 4.33. The van der Waals surface area contributed by atoms with Crippen molar-refractivity contribution < 1.29 is 0 Å². The highest BCUT2D eigenvalue weighted by molar-refractivity contribution is 5.79. The number of nitrogens with one attached hydrogen (secondary N) is 1. The zero-order chi connectivity index (χ0) is 10.1. The molecule has 3 rings (SSSR count). The minimum absolute atomic E-state index is 0.689. The van der Waals surface area contributed by atoms with Gasteiger partial charge in [-0.1, -0.05) is 12.1 Å². The molecule has 2 heterocycles. The fourth-order valence-electron chi connectivity index (χ4n) is 2.29. The molecule has 1 aliphatic heterocycles. The third-order valence-corrected chi connectivity index (χ3v) is 3.16. The summed E-state index contributed by atoms with van der Waals surface area (Å²) in [5.41, 5.74) is 2.53. The fourth-order valence-corrected chi connectivity index (χ4v) is 2.29. The zero-order valence-corrected chi connectivity index (χ0v) is 8.61. The monoisotopic (exact) mass is 198 g/mol. The van der Waals surface area contributed by atoms with Gasteiger partial charge >= 0.3 is 0 Å². The Bertz CT molecular complexity index is 473. The van der Waals surface area contributed by atoms with E-state index in [-0.39, 0.29) is 0 Å². The highest BCUT2D eigenvalue weighted by atomic mass is 14.9. The Morgan fingerprint density at radius 1 is 1.27 bits per heavy atom. The van der Waals surface area contributed by atoms with Crippen LogP contribution in [0.4, 0.5) is 0 Å². The molecule has 1 aromatic heterocycles. The van der Waals surface area contributed by atoms with Crippen LogP contribution in [0.5, 0.6) is 0 Å². The van der Waals surface area contributed by atoms with Gasteiger partial charge in [0.05, 0.1) is 5.52 Å². The maximum absolute atomic E-state index is 4.33. The third kappa shape index (κ3) is 1.61. The van der Waals surface area contributed by atoms with Crippen LogP contribution in [0.15, 0.2) is 36.5 Å². The zero-order valence-electron chi connectivity index (χ0n) is 8.61. The smallest absolute Gasteiger partial charge is 0.0702 e. The van der Waals surface area contributed by atoms with Crippen LogP contribution in [-0.2, 0) is 0 Å². The van der Waals surface area contributed by atoms with Gasteiger partial charge in [-0.15, -0.1) is 0 Å². The second-order valence-electron chi connectivity index (χ2n) is 4.15. The van der Waals surface area contributed by atoms with E-state index in [4.69, 9.17) is 0 Å². The molecule has 2 aromatic rings. The average Bonchev–Trinajstić information content (AvgIpc) is 2.82. The van der Waals surface area contributed by atoms with Crippen molar-refractivity contribution in [2.24, 2.45) is 0 Å². The molecule has 0 saturated carbocycles. The van der Waals surface area contributed by atoms with E-state index in [1.54, 1.807) is 0 Å². The number of hydrogen-bond donors (Lipinski definition) is 1. The molecule has 1 aliphatic rings. The van der Waals surface area contributed by atoms with Gasteiger partial charge in [-0.25, -0.2) is 0 Å². The van der Waals surface area contributed by atoms with Crippen LogP contribution < -0.4 is 5.32 Å². The summed E-state index contributed by atoms with van der Waals surface area (Å²) < 4.78 is 0. The molecular formula is C13H14N2. The largest absolute Gasteiger partial charge is 0.316 e. The maximum atomic E-state index is 4.33. The summed E-state index contributed by atoms with van der Waals surface area (Å²) in [5.74, 6) is 0.689. The Balaban J connectivity index is 2.05. The molecule has 2 nitrogen and oxygen atoms in total. The first-order valence-electron chi connectivity index (χ1n) is 5.49. The molecule has 1 fully saturated rings. The molecule has 0 aliphatic carbocycles. The van der Waals surface area contributed by atoms with Crippen LogP contribution in [-0.4, -0.2) is 18.1 Å². The quantitative estimate of drug-likeness (QED) is 0.760. The molecule has 0 radical (unpaired) electrons. The van der Waals surface area contributed by atoms with Crippen LogP contribution in [0.3, 0.4) is 0 Å². The van der Waals surface area contributed by atoms with E-state index >= 15 is 0 Å². The van der Waals surface area contributed by atoms with Crippen molar-refractivity contribution in [2.75, 3.05) is 13.1 Å². The lowest BCUT2D eigenvalue weighted by Gasteiger charge is -2.09. The van der Waals surface area contributed by atoms with E-state index in [1.807, 2.05) is 12.3 Å². The van der Waals surface area contributed by atoms with Gasteiger partial charge in [0, 0.05) is 18.1 Å². The van der Waals surface area contributed by atoms with Crippen LogP contribution in [0.1, 0.15) is 17.9 Å². The van der Waals surface area contributed by atoms with Crippen molar-refractivity contribution in [3.8, 4) is 0 Å². The van der Waals surface area contributed by atoms with E-state index in [2.05, 4.69) is 34.6 Å². The number of aromatic nitrogens is 1. The number of pyridine rings is 1. The van der Waals surface area contributed by atoms with Crippen molar-refractivity contribution in [1.82, 2.24) is 10.3 Å². The van der Waals surface area contributed by atoms with Gasteiger partial charge < -0.3 is 5.32 Å². The Labute approximate surface area is 89.3 Å². The second kappa shape index (κ2) is 3.63. The molecule has 1 unspecified atom stereocenters. The molecule has 0 spiro atoms. The SMILES string of the molecule is c1cnc2ccc(C3CCNC3)cc2c1. The van der Waals surface area contributed by atoms with E-state index in [9.17, 15) is 0 Å². The fraction of sp³-hybridized carbons (Fsp3) is 0.308. The topological polar surface area (TPSA) is 24.9 Å². The van der Waals surface area contributed by atoms with Crippen LogP contribution in [0.2, 0.25) is 0 Å². The van der Waals surface area contributed by atoms with E-state index in [0.717, 1.165) is 18.6 Å². The molecule has 1 N–H and O–H groups in total. The second-order valence-corrected chi connectivity index (χ2v) is 4.15. The van der Waals surface area contributed by atoms with Gasteiger partial charge in [0.15, 0.2) is 0 Å². The first-order valence-corrected chi connectivity index (χ1v) is 5.49. The minimum atomic E-state index is 0.689. The number of hydrogen-bond acceptors (Lipinski definition) is 2. The summed E-state index contributed by atoms with van der Waals surface area (Å²) in [5, 5.41) is 4.66. The van der Waals surface area contributed by atoms with Crippen molar-refractivity contribution in [1.29, 1.82) is 0 Å². The summed E-state index contributed by atoms with van der Waals surface area (Å²) in [6, 6.07) is 10.8. The standard InChI is InChI=1S/C13H14N2/c1-2-11-8-10(12-5-7-14-9-12)3-4-13(11)15-6-1/h1-4,6,8,12,14H,5,7,9H2. The van der Waals surface area contributed by atoms with Crippen molar-refractivity contribution in [2.45, 2.75) is 12.3 Å². The van der Waals surface area contributed by atoms with Crippen molar-refractivity contribution in [3.63, 3.8) is 0 Å². The number of benzene rings is 1. The van der Waals surface area contributed by atoms with E-state index in [1.165, 1.54) is 17.4 Å². The summed E-state index contributed by atoms with van der Waals surface area (Å²) >= 11 is 0. The molecule has 1 saturated heterocycles. The third-order valence-electron chi connectivity index (χ3n) is 3.16. The molecule has 2 heteroatoms. The van der Waals surface area contributed by atoms with Crippen molar-refractivity contribution >= 4 is 10.9 Å². The Morgan fingerprint density at radius 2 is 2.27 bits per heavy atom. The minimum Gasteiger partial charge on any atom is -0.316 e. The van der Waals surface area contributed by atoms with E-state index in [0.29, 0.717) is 5.92 Å². The average molecular weight is 198 g/mol. The molecular weight excluding hydrogens is 184 g/mol. The van der Waals surface area contributed by atoms with Crippen LogP contribution in [0.25, 0.3) is 10.9 Å². The number of rotatable bonds is 1. The van der Waals surface area contributed by atoms with Crippen LogP contribution in [0, 0.1) is 0 Å². The predicted octanol–water partition coefficient (Wildman–Crippen LogP) is 2.31. The molecule has 1 aromatic carbocycles. The van der Waals surface area contributed by atoms with Crippen molar-refractivity contribution in [3.05, 3.63) is 42.1 Å². The lowest BCUT2D eigenvalue weighted by Crippen LogP contribution is -2.07. The highest BCUT2D eigenvalue weighted by Gasteiger charge is 2.16. The normalized spacial score (nSPS) is 20.9. The lowest BCUT2D eigenvalue weighted by molar-refractivity contribution is 0.764. The number of nitrogens with zero attached hydrogens (tertiary/aromatic N) is 1. The summed E-state index contributed by atoms with van der Waals surface area (Å²) in [6.07, 6.45) is 3.10. The first kappa shape index (κ1) is 8.86. The highest BCUT2D eigenvalue weighted by Crippen LogP contribution is 2.24. The van der Waals surface area contributed by atoms with Gasteiger partial charge in [0.25, 0.3) is 0 Å². The molecule has 0 bridgehead atoms. The first-order chi connectivity index (χ1) is 7.43. The molecule has 1 atom stereocenters. The summed E-state index contributed by atoms with van der Waals surface area (Å²) in [6.45, 7) is 2.27. The Hall–Kier alpha value is -1.41.